The van der Waals surface area contributed by atoms with Crippen molar-refractivity contribution in [2.75, 3.05) is 31.1 Å². The van der Waals surface area contributed by atoms with E-state index in [4.69, 9.17) is 0 Å². The van der Waals surface area contributed by atoms with Crippen LogP contribution in [0.3, 0.4) is 0 Å². The highest BCUT2D eigenvalue weighted by Gasteiger charge is 2.13. The van der Waals surface area contributed by atoms with Gasteiger partial charge in [0.25, 0.3) is 0 Å². The van der Waals surface area contributed by atoms with Gasteiger partial charge in [0, 0.05) is 25.3 Å². The first kappa shape index (κ1) is 26.4. The summed E-state index contributed by atoms with van der Waals surface area (Å²) < 4.78 is 0. The standard InChI is InChI=1S/C20H26N2.C10H12O.C2H2/c1-2-22(20-7-4-3-5-8-20)17-19-11-9-18(10-12-19)13-16-21-14-6-15-21;11-10-6-5-8-3-1-2-4-9(8)7-10;1-2/h3-5,7-12H,2,6,13-17H2,1H3;5-7,11H,1-4H2;1-2H. The average Bonchev–Trinajstić information content (AvgIpc) is 2.89. The first-order chi connectivity index (χ1) is 17.2. The average molecular weight is 469 g/mol. The summed E-state index contributed by atoms with van der Waals surface area (Å²) in [5.74, 6) is 0.408. The fourth-order valence-electron chi connectivity index (χ4n) is 4.67. The van der Waals surface area contributed by atoms with E-state index in [1.54, 1.807) is 6.07 Å². The number of hydrogen-bond acceptors (Lipinski definition) is 3. The highest BCUT2D eigenvalue weighted by Crippen LogP contribution is 2.24. The van der Waals surface area contributed by atoms with Crippen LogP contribution < -0.4 is 4.90 Å². The van der Waals surface area contributed by atoms with Crippen molar-refractivity contribution in [3.05, 3.63) is 95.1 Å². The Morgan fingerprint density at radius 1 is 0.800 bits per heavy atom. The second-order valence-corrected chi connectivity index (χ2v) is 9.27. The van der Waals surface area contributed by atoms with Crippen molar-refractivity contribution in [3.63, 3.8) is 0 Å². The van der Waals surface area contributed by atoms with Gasteiger partial charge in [0.15, 0.2) is 0 Å². The zero-order valence-corrected chi connectivity index (χ0v) is 21.2. The molecule has 3 aromatic rings. The van der Waals surface area contributed by atoms with Crippen molar-refractivity contribution in [2.24, 2.45) is 0 Å². The summed E-state index contributed by atoms with van der Waals surface area (Å²) in [6, 6.07) is 25.6. The smallest absolute Gasteiger partial charge is 0.115 e. The van der Waals surface area contributed by atoms with E-state index in [9.17, 15) is 5.11 Å². The van der Waals surface area contributed by atoms with Crippen molar-refractivity contribution in [3.8, 4) is 18.6 Å². The zero-order chi connectivity index (χ0) is 24.9. The van der Waals surface area contributed by atoms with Crippen LogP contribution in [0.15, 0.2) is 72.8 Å². The molecule has 1 fully saturated rings. The third-order valence-corrected chi connectivity index (χ3v) is 6.90. The molecule has 0 amide bonds. The molecule has 3 nitrogen and oxygen atoms in total. The minimum absolute atomic E-state index is 0.408. The van der Waals surface area contributed by atoms with Crippen molar-refractivity contribution in [1.29, 1.82) is 0 Å². The van der Waals surface area contributed by atoms with E-state index in [2.05, 4.69) is 84.2 Å². The molecule has 0 saturated carbocycles. The number of benzene rings is 3. The van der Waals surface area contributed by atoms with Gasteiger partial charge in [0.2, 0.25) is 0 Å². The lowest BCUT2D eigenvalue weighted by atomic mass is 9.92. The van der Waals surface area contributed by atoms with E-state index in [1.807, 2.05) is 12.1 Å². The van der Waals surface area contributed by atoms with E-state index < -0.39 is 0 Å². The highest BCUT2D eigenvalue weighted by molar-refractivity contribution is 5.46. The SMILES string of the molecule is C#C.CCN(Cc1ccc(CCN2CCC2)cc1)c1ccccc1.Oc1ccc2c(c1)CCCC2. The number of para-hydroxylation sites is 1. The second-order valence-electron chi connectivity index (χ2n) is 9.27. The number of phenolic OH excluding ortho intramolecular Hbond substituents is 1. The molecule has 1 aliphatic carbocycles. The second kappa shape index (κ2) is 14.2. The zero-order valence-electron chi connectivity index (χ0n) is 21.2. The number of aromatic hydroxyl groups is 1. The van der Waals surface area contributed by atoms with Gasteiger partial charge < -0.3 is 14.9 Å². The molecule has 1 aliphatic heterocycles. The Morgan fingerprint density at radius 2 is 1.46 bits per heavy atom. The molecule has 5 rings (SSSR count). The molecule has 0 radical (unpaired) electrons. The molecule has 3 aromatic carbocycles. The van der Waals surface area contributed by atoms with E-state index >= 15 is 0 Å². The molecule has 0 aromatic heterocycles. The summed E-state index contributed by atoms with van der Waals surface area (Å²) in [5.41, 5.74) is 6.91. The van der Waals surface area contributed by atoms with Crippen LogP contribution >= 0.6 is 0 Å². The first-order valence-electron chi connectivity index (χ1n) is 13.0. The van der Waals surface area contributed by atoms with Crippen LogP contribution in [0, 0.1) is 12.8 Å². The number of aryl methyl sites for hydroxylation is 2. The molecule has 3 heteroatoms. The highest BCUT2D eigenvalue weighted by atomic mass is 16.3. The van der Waals surface area contributed by atoms with Crippen molar-refractivity contribution >= 4 is 5.69 Å². The van der Waals surface area contributed by atoms with E-state index in [-0.39, 0.29) is 0 Å². The lowest BCUT2D eigenvalue weighted by Gasteiger charge is -2.30. The van der Waals surface area contributed by atoms with Gasteiger partial charge >= 0.3 is 0 Å². The van der Waals surface area contributed by atoms with Crippen LogP contribution in [0.2, 0.25) is 0 Å². The Balaban J connectivity index is 0.000000220. The molecular formula is C32H40N2O. The molecule has 2 aliphatic rings. The third-order valence-electron chi connectivity index (χ3n) is 6.90. The van der Waals surface area contributed by atoms with Crippen LogP contribution in [0.4, 0.5) is 5.69 Å². The third kappa shape index (κ3) is 8.19. The number of likely N-dealkylation sites (tertiary alicyclic amines) is 1. The molecule has 35 heavy (non-hydrogen) atoms. The maximum Gasteiger partial charge on any atom is 0.115 e. The van der Waals surface area contributed by atoms with Gasteiger partial charge in [-0.2, -0.15) is 0 Å². The molecular weight excluding hydrogens is 428 g/mol. The van der Waals surface area contributed by atoms with Gasteiger partial charge in [-0.15, -0.1) is 12.8 Å². The fourth-order valence-corrected chi connectivity index (χ4v) is 4.67. The summed E-state index contributed by atoms with van der Waals surface area (Å²) >= 11 is 0. The van der Waals surface area contributed by atoms with Crippen molar-refractivity contribution < 1.29 is 5.11 Å². The number of rotatable bonds is 7. The summed E-state index contributed by atoms with van der Waals surface area (Å²) in [5, 5.41) is 9.19. The molecule has 0 spiro atoms. The number of nitrogens with zero attached hydrogens (tertiary/aromatic N) is 2. The fraction of sp³-hybridized carbons (Fsp3) is 0.375. The maximum absolute atomic E-state index is 9.19. The lowest BCUT2D eigenvalue weighted by Crippen LogP contribution is -2.38. The molecule has 1 saturated heterocycles. The lowest BCUT2D eigenvalue weighted by molar-refractivity contribution is 0.184. The Labute approximate surface area is 212 Å². The number of anilines is 1. The Kier molecular flexibility index (Phi) is 10.7. The molecule has 1 heterocycles. The Hall–Kier alpha value is -3.22. The maximum atomic E-state index is 9.19. The molecule has 1 N–H and O–H groups in total. The first-order valence-corrected chi connectivity index (χ1v) is 13.0. The van der Waals surface area contributed by atoms with Gasteiger partial charge in [0.05, 0.1) is 0 Å². The quantitative estimate of drug-likeness (QED) is 0.402. The van der Waals surface area contributed by atoms with Crippen LogP contribution in [-0.2, 0) is 25.8 Å². The summed E-state index contributed by atoms with van der Waals surface area (Å²) in [4.78, 5) is 4.94. The van der Waals surface area contributed by atoms with Crippen molar-refractivity contribution in [2.45, 2.75) is 52.0 Å². The minimum atomic E-state index is 0.408. The molecule has 0 bridgehead atoms. The van der Waals surface area contributed by atoms with Gasteiger partial charge in [-0.3, -0.25) is 0 Å². The van der Waals surface area contributed by atoms with Crippen molar-refractivity contribution in [1.82, 2.24) is 4.90 Å². The number of hydrogen-bond donors (Lipinski definition) is 1. The predicted octanol–water partition coefficient (Wildman–Crippen LogP) is 6.48. The Bertz CT molecular complexity index is 1020. The normalized spacial score (nSPS) is 14.3. The van der Waals surface area contributed by atoms with Crippen LogP contribution in [0.1, 0.15) is 48.4 Å². The van der Waals surface area contributed by atoms with Gasteiger partial charge in [-0.1, -0.05) is 48.5 Å². The van der Waals surface area contributed by atoms with Crippen LogP contribution in [-0.4, -0.2) is 36.2 Å². The van der Waals surface area contributed by atoms with E-state index in [1.165, 1.54) is 79.7 Å². The van der Waals surface area contributed by atoms with E-state index in [0.717, 1.165) is 19.5 Å². The monoisotopic (exact) mass is 468 g/mol. The largest absolute Gasteiger partial charge is 0.508 e. The summed E-state index contributed by atoms with van der Waals surface area (Å²) in [6.07, 6.45) is 15.5. The van der Waals surface area contributed by atoms with Gasteiger partial charge in [-0.05, 0) is 105 Å². The molecule has 184 valence electrons. The number of terminal acetylenes is 1. The summed E-state index contributed by atoms with van der Waals surface area (Å²) in [6.45, 7) is 8.02. The minimum Gasteiger partial charge on any atom is -0.508 e. The topological polar surface area (TPSA) is 26.7 Å². The van der Waals surface area contributed by atoms with Gasteiger partial charge in [-0.25, -0.2) is 0 Å². The summed E-state index contributed by atoms with van der Waals surface area (Å²) in [7, 11) is 0. The number of fused-ring (bicyclic) bond motifs is 1. The van der Waals surface area contributed by atoms with Crippen LogP contribution in [0.5, 0.6) is 5.75 Å². The van der Waals surface area contributed by atoms with Gasteiger partial charge in [0.1, 0.15) is 5.75 Å². The molecule has 0 unspecified atom stereocenters. The Morgan fingerprint density at radius 3 is 2.09 bits per heavy atom. The predicted molar refractivity (Wildman–Crippen MR) is 149 cm³/mol. The molecule has 0 atom stereocenters. The number of phenols is 1. The van der Waals surface area contributed by atoms with Crippen LogP contribution in [0.25, 0.3) is 0 Å². The van der Waals surface area contributed by atoms with E-state index in [0.29, 0.717) is 5.75 Å².